The zero-order chi connectivity index (χ0) is 18.5. The number of nitrogens with one attached hydrogen (secondary N) is 1. The highest BCUT2D eigenvalue weighted by Crippen LogP contribution is 2.20. The van der Waals surface area contributed by atoms with E-state index < -0.39 is 0 Å². The molecule has 1 N–H and O–H groups in total. The number of amides is 1. The average Bonchev–Trinajstić information content (AvgIpc) is 3.24. The Morgan fingerprint density at radius 2 is 2.04 bits per heavy atom. The van der Waals surface area contributed by atoms with Crippen LogP contribution in [0.3, 0.4) is 0 Å². The summed E-state index contributed by atoms with van der Waals surface area (Å²) in [6.07, 6.45) is 7.20. The van der Waals surface area contributed by atoms with Gasteiger partial charge in [-0.1, -0.05) is 30.3 Å². The second kappa shape index (κ2) is 8.14. The normalized spacial score (nSPS) is 17.6. The number of rotatable bonds is 5. The van der Waals surface area contributed by atoms with Gasteiger partial charge in [-0.3, -0.25) is 9.69 Å². The van der Waals surface area contributed by atoms with Crippen molar-refractivity contribution in [2.45, 2.75) is 19.4 Å². The molecule has 4 rings (SSSR count). The smallest absolute Gasteiger partial charge is 0.228 e. The van der Waals surface area contributed by atoms with Crippen molar-refractivity contribution >= 4 is 11.6 Å². The molecular formula is C21H23N5O. The first-order chi connectivity index (χ1) is 13.3. The molecule has 1 saturated heterocycles. The highest BCUT2D eigenvalue weighted by atomic mass is 16.1. The van der Waals surface area contributed by atoms with Crippen LogP contribution in [-0.4, -0.2) is 38.7 Å². The number of nitrogens with zero attached hydrogens (tertiary/aromatic N) is 4. The standard InChI is InChI=1S/C21H23N5O/c27-21(24-19-9-10-20(22-14-19)26-13-5-11-23-26)18-8-4-12-25(16-18)15-17-6-2-1-3-7-17/h1-3,5-7,9-11,13-14,18H,4,8,12,15-16H2,(H,24,27). The monoisotopic (exact) mass is 361 g/mol. The number of anilines is 1. The molecule has 1 unspecified atom stereocenters. The number of pyridine rings is 1. The first-order valence-corrected chi connectivity index (χ1v) is 9.31. The van der Waals surface area contributed by atoms with Gasteiger partial charge < -0.3 is 5.32 Å². The average molecular weight is 361 g/mol. The van der Waals surface area contributed by atoms with Gasteiger partial charge in [-0.15, -0.1) is 0 Å². The molecule has 0 aliphatic carbocycles. The van der Waals surface area contributed by atoms with Crippen molar-refractivity contribution in [3.05, 3.63) is 72.7 Å². The Morgan fingerprint density at radius 3 is 2.78 bits per heavy atom. The molecule has 1 aliphatic rings. The van der Waals surface area contributed by atoms with Crippen LogP contribution in [0.15, 0.2) is 67.1 Å². The number of carbonyl (C=O) groups excluding carboxylic acids is 1. The summed E-state index contributed by atoms with van der Waals surface area (Å²) < 4.78 is 1.69. The van der Waals surface area contributed by atoms with E-state index in [2.05, 4.69) is 44.6 Å². The highest BCUT2D eigenvalue weighted by molar-refractivity contribution is 5.92. The minimum atomic E-state index is 0.00764. The summed E-state index contributed by atoms with van der Waals surface area (Å²) in [6.45, 7) is 2.73. The second-order valence-electron chi connectivity index (χ2n) is 6.90. The molecule has 138 valence electrons. The lowest BCUT2D eigenvalue weighted by Crippen LogP contribution is -2.40. The maximum absolute atomic E-state index is 12.7. The van der Waals surface area contributed by atoms with Crippen LogP contribution in [0.5, 0.6) is 0 Å². The molecule has 6 heteroatoms. The van der Waals surface area contributed by atoms with Gasteiger partial charge in [0.15, 0.2) is 5.82 Å². The van der Waals surface area contributed by atoms with Gasteiger partial charge in [-0.2, -0.15) is 5.10 Å². The predicted octanol–water partition coefficient (Wildman–Crippen LogP) is 3.12. The van der Waals surface area contributed by atoms with Crippen molar-refractivity contribution in [2.75, 3.05) is 18.4 Å². The number of hydrogen-bond acceptors (Lipinski definition) is 4. The van der Waals surface area contributed by atoms with E-state index in [1.54, 1.807) is 17.1 Å². The summed E-state index contributed by atoms with van der Waals surface area (Å²) in [6, 6.07) is 16.0. The van der Waals surface area contributed by atoms with E-state index in [1.807, 2.05) is 30.5 Å². The van der Waals surface area contributed by atoms with Gasteiger partial charge in [0.1, 0.15) is 0 Å². The Hall–Kier alpha value is -2.99. The van der Waals surface area contributed by atoms with E-state index in [9.17, 15) is 4.79 Å². The van der Waals surface area contributed by atoms with Gasteiger partial charge in [0, 0.05) is 25.5 Å². The molecule has 0 bridgehead atoms. The summed E-state index contributed by atoms with van der Waals surface area (Å²) in [7, 11) is 0. The van der Waals surface area contributed by atoms with E-state index in [0.29, 0.717) is 0 Å². The topological polar surface area (TPSA) is 63.1 Å². The van der Waals surface area contributed by atoms with Crippen molar-refractivity contribution in [3.63, 3.8) is 0 Å². The van der Waals surface area contributed by atoms with Crippen LogP contribution < -0.4 is 5.32 Å². The van der Waals surface area contributed by atoms with Crippen LogP contribution in [0.2, 0.25) is 0 Å². The lowest BCUT2D eigenvalue weighted by atomic mass is 9.96. The van der Waals surface area contributed by atoms with Crippen molar-refractivity contribution < 1.29 is 4.79 Å². The van der Waals surface area contributed by atoms with E-state index >= 15 is 0 Å². The summed E-state index contributed by atoms with van der Waals surface area (Å²) in [4.78, 5) is 19.4. The Bertz CT molecular complexity index is 861. The molecule has 3 heterocycles. The van der Waals surface area contributed by atoms with Crippen LogP contribution in [0.1, 0.15) is 18.4 Å². The third-order valence-electron chi connectivity index (χ3n) is 4.88. The molecule has 0 radical (unpaired) electrons. The van der Waals surface area contributed by atoms with Crippen LogP contribution in [0.4, 0.5) is 5.69 Å². The zero-order valence-electron chi connectivity index (χ0n) is 15.2. The number of benzene rings is 1. The number of likely N-dealkylation sites (tertiary alicyclic amines) is 1. The third kappa shape index (κ3) is 4.41. The summed E-state index contributed by atoms with van der Waals surface area (Å²) >= 11 is 0. The first kappa shape index (κ1) is 17.4. The highest BCUT2D eigenvalue weighted by Gasteiger charge is 2.25. The number of hydrogen-bond donors (Lipinski definition) is 1. The molecule has 1 atom stereocenters. The van der Waals surface area contributed by atoms with Crippen LogP contribution in [-0.2, 0) is 11.3 Å². The van der Waals surface area contributed by atoms with Crippen LogP contribution in [0.25, 0.3) is 5.82 Å². The Kier molecular flexibility index (Phi) is 5.25. The molecule has 1 aliphatic heterocycles. The van der Waals surface area contributed by atoms with Crippen molar-refractivity contribution in [1.82, 2.24) is 19.7 Å². The van der Waals surface area contributed by atoms with Gasteiger partial charge in [0.05, 0.1) is 17.8 Å². The lowest BCUT2D eigenvalue weighted by Gasteiger charge is -2.32. The van der Waals surface area contributed by atoms with Crippen LogP contribution >= 0.6 is 0 Å². The van der Waals surface area contributed by atoms with E-state index in [-0.39, 0.29) is 11.8 Å². The summed E-state index contributed by atoms with van der Waals surface area (Å²) in [5.74, 6) is 0.805. The van der Waals surface area contributed by atoms with Gasteiger partial charge >= 0.3 is 0 Å². The van der Waals surface area contributed by atoms with E-state index in [4.69, 9.17) is 0 Å². The number of piperidine rings is 1. The molecule has 3 aromatic rings. The fourth-order valence-electron chi connectivity index (χ4n) is 3.50. The Balaban J connectivity index is 1.35. The molecule has 6 nitrogen and oxygen atoms in total. The van der Waals surface area contributed by atoms with E-state index in [1.165, 1.54) is 5.56 Å². The van der Waals surface area contributed by atoms with E-state index in [0.717, 1.165) is 44.0 Å². The molecular weight excluding hydrogens is 338 g/mol. The maximum atomic E-state index is 12.7. The minimum absolute atomic E-state index is 0.00764. The summed E-state index contributed by atoms with van der Waals surface area (Å²) in [5.41, 5.74) is 2.01. The van der Waals surface area contributed by atoms with Gasteiger partial charge in [0.2, 0.25) is 5.91 Å². The van der Waals surface area contributed by atoms with Crippen LogP contribution in [0, 0.1) is 5.92 Å². The molecule has 0 spiro atoms. The molecule has 27 heavy (non-hydrogen) atoms. The molecule has 1 aromatic carbocycles. The second-order valence-corrected chi connectivity index (χ2v) is 6.90. The zero-order valence-corrected chi connectivity index (χ0v) is 15.2. The van der Waals surface area contributed by atoms with Gasteiger partial charge in [0.25, 0.3) is 0 Å². The summed E-state index contributed by atoms with van der Waals surface area (Å²) in [5, 5.41) is 7.17. The largest absolute Gasteiger partial charge is 0.324 e. The fraction of sp³-hybridized carbons (Fsp3) is 0.286. The molecule has 0 saturated carbocycles. The van der Waals surface area contributed by atoms with Crippen molar-refractivity contribution in [2.24, 2.45) is 5.92 Å². The number of carbonyl (C=O) groups is 1. The van der Waals surface area contributed by atoms with Gasteiger partial charge in [-0.25, -0.2) is 9.67 Å². The predicted molar refractivity (Wildman–Crippen MR) is 104 cm³/mol. The van der Waals surface area contributed by atoms with Crippen molar-refractivity contribution in [3.8, 4) is 5.82 Å². The molecule has 1 amide bonds. The SMILES string of the molecule is O=C(Nc1ccc(-n2cccn2)nc1)C1CCCN(Cc2ccccc2)C1. The molecule has 2 aromatic heterocycles. The third-order valence-corrected chi connectivity index (χ3v) is 4.88. The first-order valence-electron chi connectivity index (χ1n) is 9.31. The Morgan fingerprint density at radius 1 is 1.15 bits per heavy atom. The molecule has 1 fully saturated rings. The Labute approximate surface area is 158 Å². The van der Waals surface area contributed by atoms with Crippen molar-refractivity contribution in [1.29, 1.82) is 0 Å². The maximum Gasteiger partial charge on any atom is 0.228 e. The minimum Gasteiger partial charge on any atom is -0.324 e. The quantitative estimate of drug-likeness (QED) is 0.758. The number of aromatic nitrogens is 3. The fourth-order valence-corrected chi connectivity index (χ4v) is 3.50. The lowest BCUT2D eigenvalue weighted by molar-refractivity contribution is -0.121. The van der Waals surface area contributed by atoms with Gasteiger partial charge in [-0.05, 0) is 43.1 Å².